The van der Waals surface area contributed by atoms with Crippen LogP contribution in [0.3, 0.4) is 0 Å². The Morgan fingerprint density at radius 1 is 1.29 bits per heavy atom. The maximum absolute atomic E-state index is 11.5. The Labute approximate surface area is 124 Å². The van der Waals surface area contributed by atoms with Gasteiger partial charge in [0.05, 0.1) is 6.04 Å². The molecule has 0 radical (unpaired) electrons. The topological polar surface area (TPSA) is 70.8 Å². The maximum Gasteiger partial charge on any atom is 0.317 e. The highest BCUT2D eigenvalue weighted by atomic mass is 16.5. The number of carbonyl (C=O) groups excluding carboxylic acids is 1. The van der Waals surface area contributed by atoms with E-state index in [2.05, 4.69) is 10.2 Å². The molecule has 0 bridgehead atoms. The second kappa shape index (κ2) is 6.32. The van der Waals surface area contributed by atoms with Gasteiger partial charge in [-0.05, 0) is 17.7 Å². The van der Waals surface area contributed by atoms with Crippen LogP contribution in [0.2, 0.25) is 0 Å². The van der Waals surface area contributed by atoms with E-state index >= 15 is 0 Å². The van der Waals surface area contributed by atoms with Crippen molar-refractivity contribution in [2.24, 2.45) is 5.73 Å². The smallest absolute Gasteiger partial charge is 0.317 e. The third-order valence-electron chi connectivity index (χ3n) is 4.15. The van der Waals surface area contributed by atoms with Gasteiger partial charge in [-0.1, -0.05) is 12.1 Å². The summed E-state index contributed by atoms with van der Waals surface area (Å²) in [5.41, 5.74) is 6.68. The fourth-order valence-electron chi connectivity index (χ4n) is 2.89. The Morgan fingerprint density at radius 3 is 2.86 bits per heavy atom. The van der Waals surface area contributed by atoms with Crippen molar-refractivity contribution in [2.75, 3.05) is 39.3 Å². The molecule has 6 nitrogen and oxygen atoms in total. The van der Waals surface area contributed by atoms with E-state index in [1.807, 2.05) is 29.2 Å². The number of nitrogens with zero attached hydrogens (tertiary/aromatic N) is 2. The summed E-state index contributed by atoms with van der Waals surface area (Å²) in [6, 6.07) is 8.29. The van der Waals surface area contributed by atoms with Crippen LogP contribution in [-0.4, -0.2) is 61.2 Å². The van der Waals surface area contributed by atoms with Crippen molar-refractivity contribution in [3.05, 3.63) is 29.8 Å². The van der Waals surface area contributed by atoms with Crippen LogP contribution < -0.4 is 15.8 Å². The second-order valence-electron chi connectivity index (χ2n) is 5.53. The number of hydrogen-bond acceptors (Lipinski definition) is 4. The highest BCUT2D eigenvalue weighted by Crippen LogP contribution is 2.15. The molecular weight excluding hydrogens is 268 g/mol. The summed E-state index contributed by atoms with van der Waals surface area (Å²) in [7, 11) is 0. The highest BCUT2D eigenvalue weighted by Gasteiger charge is 2.35. The van der Waals surface area contributed by atoms with Gasteiger partial charge in [0.2, 0.25) is 0 Å². The Kier molecular flexibility index (Phi) is 4.26. The first-order chi connectivity index (χ1) is 10.3. The molecule has 0 aromatic heterocycles. The van der Waals surface area contributed by atoms with E-state index in [1.165, 1.54) is 0 Å². The highest BCUT2D eigenvalue weighted by molar-refractivity contribution is 5.77. The summed E-state index contributed by atoms with van der Waals surface area (Å²) in [6.45, 7) is 5.51. The fourth-order valence-corrected chi connectivity index (χ4v) is 2.89. The molecule has 21 heavy (non-hydrogen) atoms. The van der Waals surface area contributed by atoms with Gasteiger partial charge in [-0.2, -0.15) is 0 Å². The lowest BCUT2D eigenvalue weighted by molar-refractivity contribution is 0.108. The largest absolute Gasteiger partial charge is 0.492 e. The molecule has 2 aliphatic heterocycles. The molecule has 2 saturated heterocycles. The number of amides is 2. The maximum atomic E-state index is 11.5. The summed E-state index contributed by atoms with van der Waals surface area (Å²) < 4.78 is 5.76. The Bertz CT molecular complexity index is 491. The molecular formula is C15H22N4O2. The monoisotopic (exact) mass is 290 g/mol. The van der Waals surface area contributed by atoms with Gasteiger partial charge in [-0.25, -0.2) is 4.79 Å². The molecule has 1 unspecified atom stereocenters. The number of nitrogens with one attached hydrogen (secondary N) is 1. The van der Waals surface area contributed by atoms with Crippen LogP contribution >= 0.6 is 0 Å². The van der Waals surface area contributed by atoms with E-state index in [1.54, 1.807) is 0 Å². The van der Waals surface area contributed by atoms with E-state index in [-0.39, 0.29) is 6.03 Å². The summed E-state index contributed by atoms with van der Waals surface area (Å²) >= 11 is 0. The molecule has 2 fully saturated rings. The second-order valence-corrected chi connectivity index (χ2v) is 5.53. The predicted octanol–water partition coefficient (Wildman–Crippen LogP) is 0.234. The minimum atomic E-state index is 0.0795. The standard InChI is InChI=1S/C15H22N4O2/c16-9-12-1-3-14(4-2-12)21-8-7-18-5-6-19-13(11-18)10-17-15(19)20/h1-4,13H,5-11,16H2,(H,17,20). The fraction of sp³-hybridized carbons (Fsp3) is 0.533. The number of nitrogens with two attached hydrogens (primary N) is 1. The van der Waals surface area contributed by atoms with Crippen LogP contribution in [-0.2, 0) is 6.54 Å². The van der Waals surface area contributed by atoms with E-state index < -0.39 is 0 Å². The molecule has 3 N–H and O–H groups in total. The summed E-state index contributed by atoms with van der Waals surface area (Å²) in [5, 5.41) is 2.89. The third-order valence-corrected chi connectivity index (χ3v) is 4.15. The number of hydrogen-bond donors (Lipinski definition) is 2. The van der Waals surface area contributed by atoms with Crippen molar-refractivity contribution in [1.82, 2.24) is 15.1 Å². The average molecular weight is 290 g/mol. The van der Waals surface area contributed by atoms with Gasteiger partial charge in [0.15, 0.2) is 0 Å². The number of urea groups is 1. The molecule has 6 heteroatoms. The van der Waals surface area contributed by atoms with Gasteiger partial charge in [0.25, 0.3) is 0 Å². The van der Waals surface area contributed by atoms with Gasteiger partial charge < -0.3 is 20.7 Å². The molecule has 3 rings (SSSR count). The molecule has 0 saturated carbocycles. The van der Waals surface area contributed by atoms with E-state index in [0.717, 1.165) is 44.0 Å². The van der Waals surface area contributed by atoms with Crippen molar-refractivity contribution in [2.45, 2.75) is 12.6 Å². The Balaban J connectivity index is 1.42. The molecule has 1 aromatic rings. The van der Waals surface area contributed by atoms with Crippen LogP contribution in [0.1, 0.15) is 5.56 Å². The zero-order valence-corrected chi connectivity index (χ0v) is 12.1. The number of carbonyl (C=O) groups is 1. The SMILES string of the molecule is NCc1ccc(OCCN2CCN3C(=O)NCC3C2)cc1. The number of rotatable bonds is 5. The summed E-state index contributed by atoms with van der Waals surface area (Å²) in [5.74, 6) is 0.878. The van der Waals surface area contributed by atoms with Gasteiger partial charge in [-0.3, -0.25) is 4.90 Å². The number of benzene rings is 1. The summed E-state index contributed by atoms with van der Waals surface area (Å²) in [4.78, 5) is 15.8. The lowest BCUT2D eigenvalue weighted by atomic mass is 10.2. The van der Waals surface area contributed by atoms with Gasteiger partial charge in [0.1, 0.15) is 12.4 Å². The molecule has 114 valence electrons. The quantitative estimate of drug-likeness (QED) is 0.814. The molecule has 2 heterocycles. The Hall–Kier alpha value is -1.79. The van der Waals surface area contributed by atoms with Crippen LogP contribution in [0.15, 0.2) is 24.3 Å². The average Bonchev–Trinajstić information content (AvgIpc) is 2.89. The lowest BCUT2D eigenvalue weighted by Crippen LogP contribution is -2.52. The van der Waals surface area contributed by atoms with Crippen LogP contribution in [0.5, 0.6) is 5.75 Å². The number of ether oxygens (including phenoxy) is 1. The van der Waals surface area contributed by atoms with Crippen LogP contribution in [0.4, 0.5) is 4.79 Å². The van der Waals surface area contributed by atoms with Crippen molar-refractivity contribution >= 4 is 6.03 Å². The van der Waals surface area contributed by atoms with Crippen molar-refractivity contribution in [3.63, 3.8) is 0 Å². The minimum Gasteiger partial charge on any atom is -0.492 e. The van der Waals surface area contributed by atoms with E-state index in [9.17, 15) is 4.79 Å². The minimum absolute atomic E-state index is 0.0795. The first-order valence-corrected chi connectivity index (χ1v) is 7.45. The molecule has 2 amide bonds. The van der Waals surface area contributed by atoms with Crippen LogP contribution in [0.25, 0.3) is 0 Å². The van der Waals surface area contributed by atoms with Gasteiger partial charge in [-0.15, -0.1) is 0 Å². The zero-order chi connectivity index (χ0) is 14.7. The molecule has 1 aromatic carbocycles. The van der Waals surface area contributed by atoms with E-state index in [0.29, 0.717) is 19.2 Å². The first-order valence-electron chi connectivity index (χ1n) is 7.45. The summed E-state index contributed by atoms with van der Waals surface area (Å²) in [6.07, 6.45) is 0. The van der Waals surface area contributed by atoms with Gasteiger partial charge in [0, 0.05) is 39.3 Å². The van der Waals surface area contributed by atoms with E-state index in [4.69, 9.17) is 10.5 Å². The molecule has 0 spiro atoms. The zero-order valence-electron chi connectivity index (χ0n) is 12.1. The van der Waals surface area contributed by atoms with Crippen LogP contribution in [0, 0.1) is 0 Å². The number of fused-ring (bicyclic) bond motifs is 1. The molecule has 2 aliphatic rings. The van der Waals surface area contributed by atoms with Crippen molar-refractivity contribution in [3.8, 4) is 5.75 Å². The van der Waals surface area contributed by atoms with Gasteiger partial charge >= 0.3 is 6.03 Å². The normalized spacial score (nSPS) is 22.0. The Morgan fingerprint density at radius 2 is 2.10 bits per heavy atom. The number of piperazine rings is 1. The van der Waals surface area contributed by atoms with Crippen molar-refractivity contribution < 1.29 is 9.53 Å². The lowest BCUT2D eigenvalue weighted by Gasteiger charge is -2.36. The van der Waals surface area contributed by atoms with Crippen molar-refractivity contribution in [1.29, 1.82) is 0 Å². The molecule has 0 aliphatic carbocycles. The predicted molar refractivity (Wildman–Crippen MR) is 80.2 cm³/mol. The third kappa shape index (κ3) is 3.28. The molecule has 1 atom stereocenters. The first kappa shape index (κ1) is 14.2.